The van der Waals surface area contributed by atoms with E-state index in [1.165, 1.54) is 25.3 Å². The molecule has 0 spiro atoms. The molecule has 0 fully saturated rings. The summed E-state index contributed by atoms with van der Waals surface area (Å²) in [5.41, 5.74) is 1.89. The van der Waals surface area contributed by atoms with Crippen LogP contribution in [-0.4, -0.2) is 33.0 Å². The van der Waals surface area contributed by atoms with Gasteiger partial charge in [0, 0.05) is 24.0 Å². The van der Waals surface area contributed by atoms with Crippen molar-refractivity contribution < 1.29 is 17.9 Å². The van der Waals surface area contributed by atoms with E-state index in [1.807, 2.05) is 13.0 Å². The Morgan fingerprint density at radius 3 is 2.55 bits per heavy atom. The van der Waals surface area contributed by atoms with Crippen molar-refractivity contribution in [2.24, 2.45) is 0 Å². The van der Waals surface area contributed by atoms with E-state index >= 15 is 0 Å². The van der Waals surface area contributed by atoms with Gasteiger partial charge in [-0.15, -0.1) is 0 Å². The molecule has 31 heavy (non-hydrogen) atoms. The molecule has 1 N–H and O–H groups in total. The molecular weight excluding hydrogens is 438 g/mol. The lowest BCUT2D eigenvalue weighted by Gasteiger charge is -2.26. The SMILES string of the molecule is COc1ccc(Cl)cc1N(CC(=O)NCc1cccnc1)S(=O)(=O)c1ccc(C)cc1. The summed E-state index contributed by atoms with van der Waals surface area (Å²) in [6.45, 7) is 1.63. The van der Waals surface area contributed by atoms with Crippen LogP contribution in [0, 0.1) is 6.92 Å². The van der Waals surface area contributed by atoms with Gasteiger partial charge in [-0.05, 0) is 48.9 Å². The average Bonchev–Trinajstić information content (AvgIpc) is 2.77. The van der Waals surface area contributed by atoms with Crippen molar-refractivity contribution in [1.82, 2.24) is 10.3 Å². The van der Waals surface area contributed by atoms with Crippen molar-refractivity contribution in [3.05, 3.63) is 83.1 Å². The topological polar surface area (TPSA) is 88.6 Å². The highest BCUT2D eigenvalue weighted by Gasteiger charge is 2.29. The Morgan fingerprint density at radius 1 is 1.16 bits per heavy atom. The molecule has 2 aromatic carbocycles. The third-order valence-electron chi connectivity index (χ3n) is 4.52. The second-order valence-electron chi connectivity index (χ2n) is 6.78. The first-order valence-corrected chi connectivity index (χ1v) is 11.2. The summed E-state index contributed by atoms with van der Waals surface area (Å²) in [5, 5.41) is 3.04. The van der Waals surface area contributed by atoms with E-state index in [1.54, 1.807) is 42.7 Å². The fourth-order valence-electron chi connectivity index (χ4n) is 2.88. The fourth-order valence-corrected chi connectivity index (χ4v) is 4.47. The number of nitrogens with one attached hydrogen (secondary N) is 1. The summed E-state index contributed by atoms with van der Waals surface area (Å²) in [7, 11) is -2.65. The molecule has 7 nitrogen and oxygen atoms in total. The van der Waals surface area contributed by atoms with Crippen LogP contribution in [0.2, 0.25) is 5.02 Å². The van der Waals surface area contributed by atoms with E-state index in [4.69, 9.17) is 16.3 Å². The summed E-state index contributed by atoms with van der Waals surface area (Å²) >= 11 is 6.13. The Labute approximate surface area is 186 Å². The van der Waals surface area contributed by atoms with Gasteiger partial charge >= 0.3 is 0 Å². The van der Waals surface area contributed by atoms with Crippen LogP contribution in [-0.2, 0) is 21.4 Å². The fraction of sp³-hybridized carbons (Fsp3) is 0.182. The first kappa shape index (κ1) is 22.6. The van der Waals surface area contributed by atoms with E-state index in [0.717, 1.165) is 15.4 Å². The molecule has 0 saturated carbocycles. The van der Waals surface area contributed by atoms with Crippen LogP contribution < -0.4 is 14.4 Å². The summed E-state index contributed by atoms with van der Waals surface area (Å²) < 4.78 is 33.3. The Balaban J connectivity index is 1.95. The molecule has 0 aliphatic carbocycles. The maximum atomic E-state index is 13.5. The number of hydrogen-bond acceptors (Lipinski definition) is 5. The molecule has 9 heteroatoms. The number of sulfonamides is 1. The van der Waals surface area contributed by atoms with Crippen LogP contribution in [0.3, 0.4) is 0 Å². The molecule has 0 saturated heterocycles. The Hall–Kier alpha value is -3.10. The lowest BCUT2D eigenvalue weighted by atomic mass is 10.2. The molecule has 3 aromatic rings. The summed E-state index contributed by atoms with van der Waals surface area (Å²) in [6.07, 6.45) is 3.26. The van der Waals surface area contributed by atoms with Crippen molar-refractivity contribution in [2.75, 3.05) is 18.0 Å². The van der Waals surface area contributed by atoms with Crippen LogP contribution in [0.5, 0.6) is 5.75 Å². The number of benzene rings is 2. The van der Waals surface area contributed by atoms with Crippen molar-refractivity contribution in [1.29, 1.82) is 0 Å². The van der Waals surface area contributed by atoms with Gasteiger partial charge in [0.25, 0.3) is 10.0 Å². The number of methoxy groups -OCH3 is 1. The average molecular weight is 460 g/mol. The highest BCUT2D eigenvalue weighted by molar-refractivity contribution is 7.92. The molecule has 1 heterocycles. The number of aryl methyl sites for hydroxylation is 1. The predicted octanol–water partition coefficient (Wildman–Crippen LogP) is 3.56. The van der Waals surface area contributed by atoms with Gasteiger partial charge in [0.05, 0.1) is 17.7 Å². The maximum Gasteiger partial charge on any atom is 0.264 e. The zero-order chi connectivity index (χ0) is 22.4. The number of hydrogen-bond donors (Lipinski definition) is 1. The number of anilines is 1. The van der Waals surface area contributed by atoms with Crippen LogP contribution in [0.25, 0.3) is 0 Å². The minimum atomic E-state index is -4.08. The van der Waals surface area contributed by atoms with Gasteiger partial charge in [0.2, 0.25) is 5.91 Å². The predicted molar refractivity (Wildman–Crippen MR) is 120 cm³/mol. The van der Waals surface area contributed by atoms with E-state index in [2.05, 4.69) is 10.3 Å². The minimum Gasteiger partial charge on any atom is -0.495 e. The second kappa shape index (κ2) is 9.80. The van der Waals surface area contributed by atoms with Gasteiger partial charge in [-0.1, -0.05) is 35.4 Å². The number of ether oxygens (including phenoxy) is 1. The zero-order valence-corrected chi connectivity index (χ0v) is 18.7. The zero-order valence-electron chi connectivity index (χ0n) is 17.1. The monoisotopic (exact) mass is 459 g/mol. The molecule has 0 aliphatic heterocycles. The number of halogens is 1. The van der Waals surface area contributed by atoms with Gasteiger partial charge < -0.3 is 10.1 Å². The normalized spacial score (nSPS) is 11.1. The van der Waals surface area contributed by atoms with E-state index in [-0.39, 0.29) is 22.9 Å². The molecular formula is C22H22ClN3O4S. The summed E-state index contributed by atoms with van der Waals surface area (Å²) in [4.78, 5) is 16.8. The number of aromatic nitrogens is 1. The standard InChI is InChI=1S/C22H22ClN3O4S/c1-16-5-8-19(9-6-16)31(28,29)26(20-12-18(23)7-10-21(20)30-2)15-22(27)25-14-17-4-3-11-24-13-17/h3-13H,14-15H2,1-2H3,(H,25,27). The van der Waals surface area contributed by atoms with Crippen LogP contribution >= 0.6 is 11.6 Å². The largest absolute Gasteiger partial charge is 0.495 e. The third-order valence-corrected chi connectivity index (χ3v) is 6.53. The second-order valence-corrected chi connectivity index (χ2v) is 9.08. The van der Waals surface area contributed by atoms with Crippen molar-refractivity contribution in [3.8, 4) is 5.75 Å². The summed E-state index contributed by atoms with van der Waals surface area (Å²) in [6, 6.07) is 14.6. The van der Waals surface area contributed by atoms with E-state index < -0.39 is 22.5 Å². The Bertz CT molecular complexity index is 1150. The van der Waals surface area contributed by atoms with Gasteiger partial charge in [-0.2, -0.15) is 0 Å². The smallest absolute Gasteiger partial charge is 0.264 e. The van der Waals surface area contributed by atoms with Crippen LogP contribution in [0.4, 0.5) is 5.69 Å². The minimum absolute atomic E-state index is 0.0557. The lowest BCUT2D eigenvalue weighted by Crippen LogP contribution is -2.40. The molecule has 1 aromatic heterocycles. The first-order chi connectivity index (χ1) is 14.8. The molecule has 162 valence electrons. The molecule has 1 amide bonds. The number of pyridine rings is 1. The molecule has 3 rings (SSSR count). The van der Waals surface area contributed by atoms with Crippen LogP contribution in [0.15, 0.2) is 71.9 Å². The molecule has 0 radical (unpaired) electrons. The lowest BCUT2D eigenvalue weighted by molar-refractivity contribution is -0.119. The molecule has 0 unspecified atom stereocenters. The van der Waals surface area contributed by atoms with E-state index in [9.17, 15) is 13.2 Å². The summed E-state index contributed by atoms with van der Waals surface area (Å²) in [5.74, 6) is -0.207. The van der Waals surface area contributed by atoms with E-state index in [0.29, 0.717) is 5.02 Å². The highest BCUT2D eigenvalue weighted by atomic mass is 35.5. The maximum absolute atomic E-state index is 13.5. The Morgan fingerprint density at radius 2 is 1.90 bits per heavy atom. The number of rotatable bonds is 8. The van der Waals surface area contributed by atoms with Gasteiger partial charge in [-0.3, -0.25) is 14.1 Å². The van der Waals surface area contributed by atoms with Crippen LogP contribution in [0.1, 0.15) is 11.1 Å². The Kier molecular flexibility index (Phi) is 7.14. The quantitative estimate of drug-likeness (QED) is 0.556. The van der Waals surface area contributed by atoms with Crippen molar-refractivity contribution in [3.63, 3.8) is 0 Å². The number of amides is 1. The number of nitrogens with zero attached hydrogens (tertiary/aromatic N) is 2. The number of carbonyl (C=O) groups excluding carboxylic acids is 1. The van der Waals surface area contributed by atoms with Gasteiger partial charge in [0.1, 0.15) is 12.3 Å². The highest BCUT2D eigenvalue weighted by Crippen LogP contribution is 2.34. The van der Waals surface area contributed by atoms with Crippen molar-refractivity contribution >= 4 is 33.2 Å². The van der Waals surface area contributed by atoms with Gasteiger partial charge in [-0.25, -0.2) is 8.42 Å². The molecule has 0 atom stereocenters. The first-order valence-electron chi connectivity index (χ1n) is 9.40. The van der Waals surface area contributed by atoms with Gasteiger partial charge in [0.15, 0.2) is 0 Å². The molecule has 0 aliphatic rings. The van der Waals surface area contributed by atoms with Crippen molar-refractivity contribution in [2.45, 2.75) is 18.4 Å². The third kappa shape index (κ3) is 5.53. The molecule has 0 bridgehead atoms. The number of carbonyl (C=O) groups is 1.